The van der Waals surface area contributed by atoms with Crippen molar-refractivity contribution in [2.45, 2.75) is 58.9 Å². The van der Waals surface area contributed by atoms with Crippen molar-refractivity contribution < 1.29 is 4.79 Å². The van der Waals surface area contributed by atoms with E-state index in [1.807, 2.05) is 13.0 Å². The minimum absolute atomic E-state index is 0.106. The van der Waals surface area contributed by atoms with Gasteiger partial charge < -0.3 is 9.88 Å². The molecule has 1 heterocycles. The zero-order chi connectivity index (χ0) is 19.9. The SMILES string of the molecule is CCC(=O)NCCCc1nc2ccccc2n1Cc1ccc(C(C)CC)cc1. The maximum atomic E-state index is 11.4. The molecule has 2 aromatic carbocycles. The van der Waals surface area contributed by atoms with Gasteiger partial charge in [0.05, 0.1) is 11.0 Å². The number of hydrogen-bond donors (Lipinski definition) is 1. The van der Waals surface area contributed by atoms with Crippen LogP contribution in [-0.2, 0) is 17.8 Å². The minimum Gasteiger partial charge on any atom is -0.356 e. The van der Waals surface area contributed by atoms with Crippen molar-refractivity contribution in [3.8, 4) is 0 Å². The van der Waals surface area contributed by atoms with Crippen LogP contribution in [0.3, 0.4) is 0 Å². The summed E-state index contributed by atoms with van der Waals surface area (Å²) in [7, 11) is 0. The summed E-state index contributed by atoms with van der Waals surface area (Å²) in [6.07, 6.45) is 3.43. The molecule has 0 saturated carbocycles. The molecule has 4 heteroatoms. The van der Waals surface area contributed by atoms with Crippen LogP contribution < -0.4 is 5.32 Å². The third-order valence-electron chi connectivity index (χ3n) is 5.46. The first-order chi connectivity index (χ1) is 13.6. The van der Waals surface area contributed by atoms with Crippen molar-refractivity contribution in [2.75, 3.05) is 6.54 Å². The average Bonchev–Trinajstić information content (AvgIpc) is 3.08. The van der Waals surface area contributed by atoms with Crippen LogP contribution in [0.2, 0.25) is 0 Å². The van der Waals surface area contributed by atoms with Crippen molar-refractivity contribution in [1.82, 2.24) is 14.9 Å². The van der Waals surface area contributed by atoms with E-state index in [0.717, 1.165) is 37.1 Å². The second-order valence-corrected chi connectivity index (χ2v) is 7.46. The monoisotopic (exact) mass is 377 g/mol. The van der Waals surface area contributed by atoms with E-state index < -0.39 is 0 Å². The molecular weight excluding hydrogens is 346 g/mol. The molecule has 28 heavy (non-hydrogen) atoms. The number of fused-ring (bicyclic) bond motifs is 1. The average molecular weight is 378 g/mol. The fraction of sp³-hybridized carbons (Fsp3) is 0.417. The predicted molar refractivity (Wildman–Crippen MR) is 116 cm³/mol. The Morgan fingerprint density at radius 1 is 1.11 bits per heavy atom. The molecule has 1 N–H and O–H groups in total. The van der Waals surface area contributed by atoms with Crippen LogP contribution >= 0.6 is 0 Å². The molecule has 148 valence electrons. The Morgan fingerprint density at radius 2 is 1.86 bits per heavy atom. The summed E-state index contributed by atoms with van der Waals surface area (Å²) in [5.74, 6) is 1.78. The van der Waals surface area contributed by atoms with E-state index in [4.69, 9.17) is 4.98 Å². The number of carbonyl (C=O) groups excluding carboxylic acids is 1. The Hall–Kier alpha value is -2.62. The molecule has 0 saturated heterocycles. The quantitative estimate of drug-likeness (QED) is 0.530. The van der Waals surface area contributed by atoms with E-state index in [1.54, 1.807) is 0 Å². The summed E-state index contributed by atoms with van der Waals surface area (Å²) in [5.41, 5.74) is 4.89. The number of nitrogens with zero attached hydrogens (tertiary/aromatic N) is 2. The van der Waals surface area contributed by atoms with Crippen LogP contribution in [0.5, 0.6) is 0 Å². The molecule has 1 aromatic heterocycles. The van der Waals surface area contributed by atoms with Gasteiger partial charge >= 0.3 is 0 Å². The van der Waals surface area contributed by atoms with Gasteiger partial charge in [-0.2, -0.15) is 0 Å². The third-order valence-corrected chi connectivity index (χ3v) is 5.46. The highest BCUT2D eigenvalue weighted by molar-refractivity contribution is 5.76. The molecule has 0 bridgehead atoms. The van der Waals surface area contributed by atoms with E-state index >= 15 is 0 Å². The second-order valence-electron chi connectivity index (χ2n) is 7.46. The molecule has 3 rings (SSSR count). The number of imidazole rings is 1. The van der Waals surface area contributed by atoms with Gasteiger partial charge in [-0.05, 0) is 42.0 Å². The molecule has 1 atom stereocenters. The molecule has 0 radical (unpaired) electrons. The highest BCUT2D eigenvalue weighted by atomic mass is 16.1. The number of hydrogen-bond acceptors (Lipinski definition) is 2. The van der Waals surface area contributed by atoms with Gasteiger partial charge in [0, 0.05) is 25.9 Å². The molecular formula is C24H31N3O. The summed E-state index contributed by atoms with van der Waals surface area (Å²) in [4.78, 5) is 16.3. The smallest absolute Gasteiger partial charge is 0.219 e. The first kappa shape index (κ1) is 20.1. The second kappa shape index (κ2) is 9.54. The first-order valence-corrected chi connectivity index (χ1v) is 10.4. The largest absolute Gasteiger partial charge is 0.356 e. The van der Waals surface area contributed by atoms with Gasteiger partial charge in [0.1, 0.15) is 5.82 Å². The van der Waals surface area contributed by atoms with Gasteiger partial charge in [0.2, 0.25) is 5.91 Å². The highest BCUT2D eigenvalue weighted by Gasteiger charge is 2.11. The van der Waals surface area contributed by atoms with E-state index in [-0.39, 0.29) is 5.91 Å². The van der Waals surface area contributed by atoms with Crippen LogP contribution in [0.4, 0.5) is 0 Å². The Labute approximate surface area is 168 Å². The molecule has 0 aliphatic heterocycles. The van der Waals surface area contributed by atoms with Gasteiger partial charge in [0.15, 0.2) is 0 Å². The number of rotatable bonds is 9. The Morgan fingerprint density at radius 3 is 2.57 bits per heavy atom. The van der Waals surface area contributed by atoms with Crippen molar-refractivity contribution in [3.05, 3.63) is 65.5 Å². The summed E-state index contributed by atoms with van der Waals surface area (Å²) in [6, 6.07) is 17.3. The van der Waals surface area contributed by atoms with Crippen molar-refractivity contribution >= 4 is 16.9 Å². The van der Waals surface area contributed by atoms with E-state index in [1.165, 1.54) is 16.6 Å². The number of benzene rings is 2. The number of carbonyl (C=O) groups is 1. The van der Waals surface area contributed by atoms with Crippen LogP contribution in [0, 0.1) is 0 Å². The van der Waals surface area contributed by atoms with Crippen LogP contribution in [0.1, 0.15) is 62.9 Å². The summed E-state index contributed by atoms with van der Waals surface area (Å²) < 4.78 is 2.31. The lowest BCUT2D eigenvalue weighted by atomic mass is 9.97. The molecule has 1 amide bonds. The number of amides is 1. The zero-order valence-electron chi connectivity index (χ0n) is 17.2. The molecule has 1 unspecified atom stereocenters. The lowest BCUT2D eigenvalue weighted by Gasteiger charge is -2.12. The van der Waals surface area contributed by atoms with Crippen LogP contribution in [0.25, 0.3) is 11.0 Å². The number of nitrogens with one attached hydrogen (secondary N) is 1. The van der Waals surface area contributed by atoms with Gasteiger partial charge in [0.25, 0.3) is 0 Å². The fourth-order valence-corrected chi connectivity index (χ4v) is 3.46. The Balaban J connectivity index is 1.77. The number of aromatic nitrogens is 2. The third kappa shape index (κ3) is 4.80. The van der Waals surface area contributed by atoms with E-state index in [9.17, 15) is 4.79 Å². The predicted octanol–water partition coefficient (Wildman–Crippen LogP) is 5.06. The summed E-state index contributed by atoms with van der Waals surface area (Å²) in [6.45, 7) is 7.89. The lowest BCUT2D eigenvalue weighted by Crippen LogP contribution is -2.23. The molecule has 0 aliphatic rings. The van der Waals surface area contributed by atoms with Gasteiger partial charge in [-0.15, -0.1) is 0 Å². The van der Waals surface area contributed by atoms with Crippen molar-refractivity contribution in [2.24, 2.45) is 0 Å². The topological polar surface area (TPSA) is 46.9 Å². The molecule has 0 aliphatic carbocycles. The van der Waals surface area contributed by atoms with Crippen LogP contribution in [-0.4, -0.2) is 22.0 Å². The Kier molecular flexibility index (Phi) is 6.85. The number of para-hydroxylation sites is 2. The maximum absolute atomic E-state index is 11.4. The number of aryl methyl sites for hydroxylation is 1. The lowest BCUT2D eigenvalue weighted by molar-refractivity contribution is -0.120. The highest BCUT2D eigenvalue weighted by Crippen LogP contribution is 2.22. The minimum atomic E-state index is 0.106. The van der Waals surface area contributed by atoms with Crippen molar-refractivity contribution in [1.29, 1.82) is 0 Å². The maximum Gasteiger partial charge on any atom is 0.219 e. The van der Waals surface area contributed by atoms with Gasteiger partial charge in [-0.25, -0.2) is 4.98 Å². The zero-order valence-corrected chi connectivity index (χ0v) is 17.2. The van der Waals surface area contributed by atoms with Crippen LogP contribution in [0.15, 0.2) is 48.5 Å². The molecule has 3 aromatic rings. The molecule has 0 spiro atoms. The first-order valence-electron chi connectivity index (χ1n) is 10.4. The fourth-order valence-electron chi connectivity index (χ4n) is 3.46. The van der Waals surface area contributed by atoms with Gasteiger partial charge in [-0.3, -0.25) is 4.79 Å². The van der Waals surface area contributed by atoms with E-state index in [2.05, 4.69) is 66.2 Å². The van der Waals surface area contributed by atoms with Crippen molar-refractivity contribution in [3.63, 3.8) is 0 Å². The van der Waals surface area contributed by atoms with E-state index in [0.29, 0.717) is 18.9 Å². The Bertz CT molecular complexity index is 911. The normalized spacial score (nSPS) is 12.2. The molecule has 0 fully saturated rings. The summed E-state index contributed by atoms with van der Waals surface area (Å²) >= 11 is 0. The summed E-state index contributed by atoms with van der Waals surface area (Å²) in [5, 5.41) is 2.95. The standard InChI is InChI=1S/C24H31N3O/c1-4-18(3)20-14-12-19(13-15-20)17-27-22-10-7-6-9-21(22)26-23(27)11-8-16-25-24(28)5-2/h6-7,9-10,12-15,18H,4-5,8,11,16-17H2,1-3H3,(H,25,28). The van der Waals surface area contributed by atoms with Gasteiger partial charge in [-0.1, -0.05) is 57.2 Å². The molecule has 4 nitrogen and oxygen atoms in total.